The van der Waals surface area contributed by atoms with Crippen LogP contribution in [0, 0.1) is 5.92 Å². The Balaban J connectivity index is 2.21. The predicted octanol–water partition coefficient (Wildman–Crippen LogP) is 4.23. The molecule has 7 nitrogen and oxygen atoms in total. The van der Waals surface area contributed by atoms with Gasteiger partial charge >= 0.3 is 12.1 Å². The average molecular weight is 408 g/mol. The molecule has 0 bridgehead atoms. The molecule has 29 heavy (non-hydrogen) atoms. The molecule has 0 aromatic heterocycles. The lowest BCUT2D eigenvalue weighted by molar-refractivity contribution is -0.190. The molecule has 0 saturated heterocycles. The number of ether oxygens (including phenoxy) is 2. The van der Waals surface area contributed by atoms with E-state index < -0.39 is 23.8 Å². The van der Waals surface area contributed by atoms with Gasteiger partial charge in [-0.2, -0.15) is 0 Å². The lowest BCUT2D eigenvalue weighted by Crippen LogP contribution is -2.47. The number of hydroxylamine groups is 2. The first kappa shape index (κ1) is 23.0. The van der Waals surface area contributed by atoms with Gasteiger partial charge in [0.2, 0.25) is 0 Å². The quantitative estimate of drug-likeness (QED) is 0.535. The van der Waals surface area contributed by atoms with Crippen LogP contribution in [0.4, 0.5) is 4.79 Å². The standard InChI is InChI=1S/C22H33NO6/c1-22(2,3)28-21(26)29-23(15-17-8-6-5-7-9-17)19(20(25)27-4)14-16-10-12-18(24)13-11-16/h10-13,17,19,24H,5-9,14-15H2,1-4H3/t19-/m0/s1. The molecule has 0 spiro atoms. The summed E-state index contributed by atoms with van der Waals surface area (Å²) in [6.07, 6.45) is 4.97. The molecular formula is C22H33NO6. The fourth-order valence-electron chi connectivity index (χ4n) is 3.51. The summed E-state index contributed by atoms with van der Waals surface area (Å²) in [7, 11) is 1.32. The third-order valence-electron chi connectivity index (χ3n) is 4.93. The summed E-state index contributed by atoms with van der Waals surface area (Å²) < 4.78 is 10.3. The van der Waals surface area contributed by atoms with Crippen molar-refractivity contribution in [3.8, 4) is 5.75 Å². The Morgan fingerprint density at radius 3 is 2.31 bits per heavy atom. The van der Waals surface area contributed by atoms with Crippen molar-refractivity contribution in [1.82, 2.24) is 5.06 Å². The number of carbonyl (C=O) groups excluding carboxylic acids is 2. The highest BCUT2D eigenvalue weighted by Gasteiger charge is 2.34. The van der Waals surface area contributed by atoms with Gasteiger partial charge in [0, 0.05) is 13.0 Å². The van der Waals surface area contributed by atoms with Gasteiger partial charge < -0.3 is 19.4 Å². The number of phenolic OH excluding ortho intramolecular Hbond substituents is 1. The monoisotopic (exact) mass is 407 g/mol. The average Bonchev–Trinajstić information content (AvgIpc) is 2.66. The smallest absolute Gasteiger partial charge is 0.508 e. The number of aromatic hydroxyl groups is 1. The predicted molar refractivity (Wildman–Crippen MR) is 108 cm³/mol. The second-order valence-corrected chi connectivity index (χ2v) is 8.57. The lowest BCUT2D eigenvalue weighted by atomic mass is 9.89. The number of carbonyl (C=O) groups is 2. The van der Waals surface area contributed by atoms with E-state index in [2.05, 4.69) is 0 Å². The minimum absolute atomic E-state index is 0.146. The number of hydrogen-bond acceptors (Lipinski definition) is 7. The maximum Gasteiger partial charge on any atom is 0.528 e. The molecule has 1 aliphatic rings. The number of rotatable bonds is 7. The van der Waals surface area contributed by atoms with Gasteiger partial charge in [0.05, 0.1) is 7.11 Å². The van der Waals surface area contributed by atoms with Crippen molar-refractivity contribution in [3.63, 3.8) is 0 Å². The van der Waals surface area contributed by atoms with Crippen LogP contribution in [0.5, 0.6) is 5.75 Å². The van der Waals surface area contributed by atoms with Crippen molar-refractivity contribution < 1.29 is 29.0 Å². The summed E-state index contributed by atoms with van der Waals surface area (Å²) in [4.78, 5) is 30.5. The van der Waals surface area contributed by atoms with Crippen LogP contribution in [0.3, 0.4) is 0 Å². The molecule has 0 unspecified atom stereocenters. The van der Waals surface area contributed by atoms with Crippen LogP contribution in [-0.2, 0) is 25.5 Å². The number of nitrogens with zero attached hydrogens (tertiary/aromatic N) is 1. The number of methoxy groups -OCH3 is 1. The normalized spacial score (nSPS) is 16.3. The van der Waals surface area contributed by atoms with E-state index in [1.165, 1.54) is 18.6 Å². The van der Waals surface area contributed by atoms with Gasteiger partial charge in [-0.3, -0.25) is 4.79 Å². The second kappa shape index (κ2) is 10.5. The van der Waals surface area contributed by atoms with Crippen LogP contribution in [0.2, 0.25) is 0 Å². The third-order valence-corrected chi connectivity index (χ3v) is 4.93. The molecule has 0 amide bonds. The van der Waals surface area contributed by atoms with Gasteiger partial charge in [0.25, 0.3) is 0 Å². The molecule has 1 atom stereocenters. The van der Waals surface area contributed by atoms with E-state index in [4.69, 9.17) is 14.3 Å². The fraction of sp³-hybridized carbons (Fsp3) is 0.636. The zero-order valence-corrected chi connectivity index (χ0v) is 17.8. The van der Waals surface area contributed by atoms with Gasteiger partial charge in [0.1, 0.15) is 17.4 Å². The first-order chi connectivity index (χ1) is 13.7. The molecule has 1 aromatic rings. The molecule has 162 valence electrons. The van der Waals surface area contributed by atoms with Crippen molar-refractivity contribution in [1.29, 1.82) is 0 Å². The van der Waals surface area contributed by atoms with Gasteiger partial charge in [-0.05, 0) is 57.2 Å². The Morgan fingerprint density at radius 1 is 1.14 bits per heavy atom. The molecule has 0 aliphatic heterocycles. The van der Waals surface area contributed by atoms with E-state index in [0.717, 1.165) is 31.2 Å². The van der Waals surface area contributed by atoms with Crippen LogP contribution in [0.15, 0.2) is 24.3 Å². The summed E-state index contributed by atoms with van der Waals surface area (Å²) >= 11 is 0. The van der Waals surface area contributed by atoms with Crippen molar-refractivity contribution in [2.45, 2.75) is 70.9 Å². The molecule has 0 radical (unpaired) electrons. The van der Waals surface area contributed by atoms with E-state index in [0.29, 0.717) is 12.5 Å². The second-order valence-electron chi connectivity index (χ2n) is 8.57. The maximum atomic E-state index is 12.6. The molecule has 7 heteroatoms. The van der Waals surface area contributed by atoms with Crippen LogP contribution in [-0.4, -0.2) is 47.6 Å². The summed E-state index contributed by atoms with van der Waals surface area (Å²) in [5.41, 5.74) is 0.116. The first-order valence-electron chi connectivity index (χ1n) is 10.2. The molecule has 1 fully saturated rings. The maximum absolute atomic E-state index is 12.6. The Morgan fingerprint density at radius 2 is 1.76 bits per heavy atom. The van der Waals surface area contributed by atoms with E-state index >= 15 is 0 Å². The largest absolute Gasteiger partial charge is 0.528 e. The summed E-state index contributed by atoms with van der Waals surface area (Å²) in [6, 6.07) is 5.78. The van der Waals surface area contributed by atoms with Gasteiger partial charge in [-0.25, -0.2) is 4.79 Å². The Kier molecular flexibility index (Phi) is 8.32. The van der Waals surface area contributed by atoms with Crippen LogP contribution >= 0.6 is 0 Å². The molecule has 1 N–H and O–H groups in total. The third kappa shape index (κ3) is 7.93. The molecule has 0 heterocycles. The molecular weight excluding hydrogens is 374 g/mol. The molecule has 1 aromatic carbocycles. The van der Waals surface area contributed by atoms with Crippen molar-refractivity contribution in [2.75, 3.05) is 13.7 Å². The van der Waals surface area contributed by atoms with Crippen molar-refractivity contribution >= 4 is 12.1 Å². The van der Waals surface area contributed by atoms with Crippen LogP contribution in [0.1, 0.15) is 58.4 Å². The van der Waals surface area contributed by atoms with E-state index in [1.54, 1.807) is 45.0 Å². The first-order valence-corrected chi connectivity index (χ1v) is 10.2. The Bertz CT molecular complexity index is 661. The highest BCUT2D eigenvalue weighted by Crippen LogP contribution is 2.26. The zero-order chi connectivity index (χ0) is 21.4. The van der Waals surface area contributed by atoms with Gasteiger partial charge in [-0.1, -0.05) is 31.4 Å². The lowest BCUT2D eigenvalue weighted by Gasteiger charge is -2.33. The van der Waals surface area contributed by atoms with Crippen molar-refractivity contribution in [3.05, 3.63) is 29.8 Å². The topological polar surface area (TPSA) is 85.3 Å². The minimum Gasteiger partial charge on any atom is -0.508 e. The Hall–Kier alpha value is -2.28. The highest BCUT2D eigenvalue weighted by molar-refractivity contribution is 5.76. The van der Waals surface area contributed by atoms with Crippen LogP contribution in [0.25, 0.3) is 0 Å². The minimum atomic E-state index is -0.840. The van der Waals surface area contributed by atoms with Crippen molar-refractivity contribution in [2.24, 2.45) is 5.92 Å². The summed E-state index contributed by atoms with van der Waals surface area (Å²) in [5.74, 6) is -0.0111. The molecule has 1 saturated carbocycles. The number of benzene rings is 1. The summed E-state index contributed by atoms with van der Waals surface area (Å²) in [5, 5.41) is 10.9. The highest BCUT2D eigenvalue weighted by atomic mass is 16.8. The fourth-order valence-corrected chi connectivity index (χ4v) is 3.51. The summed E-state index contributed by atoms with van der Waals surface area (Å²) in [6.45, 7) is 5.72. The number of hydrogen-bond donors (Lipinski definition) is 1. The van der Waals surface area contributed by atoms with Crippen LogP contribution < -0.4 is 0 Å². The van der Waals surface area contributed by atoms with Gasteiger partial charge in [0.15, 0.2) is 0 Å². The zero-order valence-electron chi connectivity index (χ0n) is 17.8. The SMILES string of the molecule is COC(=O)[C@H](Cc1ccc(O)cc1)N(CC1CCCCC1)OC(=O)OC(C)(C)C. The van der Waals surface area contributed by atoms with E-state index in [-0.39, 0.29) is 12.2 Å². The van der Waals surface area contributed by atoms with E-state index in [9.17, 15) is 14.7 Å². The number of esters is 1. The number of phenols is 1. The molecule has 1 aliphatic carbocycles. The Labute approximate surface area is 172 Å². The van der Waals surface area contributed by atoms with E-state index in [1.807, 2.05) is 0 Å². The molecule has 2 rings (SSSR count). The van der Waals surface area contributed by atoms with Gasteiger partial charge in [-0.15, -0.1) is 5.06 Å².